The summed E-state index contributed by atoms with van der Waals surface area (Å²) >= 11 is 0. The first-order valence-corrected chi connectivity index (χ1v) is 10.9. The van der Waals surface area contributed by atoms with E-state index in [0.29, 0.717) is 45.4 Å². The van der Waals surface area contributed by atoms with Crippen molar-refractivity contribution in [3.8, 4) is 0 Å². The number of piperazine rings is 1. The fourth-order valence-electron chi connectivity index (χ4n) is 4.50. The summed E-state index contributed by atoms with van der Waals surface area (Å²) in [6, 6.07) is 3.56. The number of rotatable bonds is 3. The van der Waals surface area contributed by atoms with Crippen molar-refractivity contribution in [3.63, 3.8) is 0 Å². The largest absolute Gasteiger partial charge is 0.353 e. The topological polar surface area (TPSA) is 101 Å². The molecule has 2 N–H and O–H groups in total. The lowest BCUT2D eigenvalue weighted by Gasteiger charge is -2.37. The first kappa shape index (κ1) is 21.2. The molecule has 0 bridgehead atoms. The standard InChI is InChI=1S/C23H25FN8O/c1-12-9-32(10-13(2)27-12)22-17-7-25-14(3)28-21(17)18(8-26-22)23(33)29-16-5-15-11-31(4)30-20(15)19(24)6-16/h5-8,11-13,27H,9-10H2,1-4H3,(H,29,33). The molecule has 1 aliphatic heterocycles. The Morgan fingerprint density at radius 1 is 1.15 bits per heavy atom. The molecule has 0 spiro atoms. The van der Waals surface area contributed by atoms with Crippen LogP contribution in [0.5, 0.6) is 0 Å². The van der Waals surface area contributed by atoms with Gasteiger partial charge in [0.2, 0.25) is 0 Å². The molecule has 3 aromatic heterocycles. The molecule has 1 amide bonds. The zero-order valence-electron chi connectivity index (χ0n) is 18.9. The lowest BCUT2D eigenvalue weighted by molar-refractivity contribution is 0.102. The van der Waals surface area contributed by atoms with E-state index < -0.39 is 11.7 Å². The van der Waals surface area contributed by atoms with Crippen LogP contribution in [-0.4, -0.2) is 55.8 Å². The summed E-state index contributed by atoms with van der Waals surface area (Å²) in [6.45, 7) is 7.62. The minimum Gasteiger partial charge on any atom is -0.353 e. The van der Waals surface area contributed by atoms with Crippen molar-refractivity contribution in [1.29, 1.82) is 0 Å². The minimum absolute atomic E-state index is 0.259. The number of hydrogen-bond acceptors (Lipinski definition) is 7. The Balaban J connectivity index is 1.53. The molecule has 0 saturated carbocycles. The molecule has 1 fully saturated rings. The quantitative estimate of drug-likeness (QED) is 0.497. The number of fused-ring (bicyclic) bond motifs is 2. The maximum absolute atomic E-state index is 14.5. The molecule has 1 aromatic carbocycles. The monoisotopic (exact) mass is 448 g/mol. The Kier molecular flexibility index (Phi) is 5.16. The fraction of sp³-hybridized carbons (Fsp3) is 0.348. The van der Waals surface area contributed by atoms with E-state index in [9.17, 15) is 9.18 Å². The number of hydrogen-bond donors (Lipinski definition) is 2. The van der Waals surface area contributed by atoms with Crippen molar-refractivity contribution in [1.82, 2.24) is 30.0 Å². The molecular weight excluding hydrogens is 423 g/mol. The van der Waals surface area contributed by atoms with Crippen LogP contribution in [0.15, 0.2) is 30.7 Å². The Morgan fingerprint density at radius 3 is 2.67 bits per heavy atom. The summed E-state index contributed by atoms with van der Waals surface area (Å²) in [6.07, 6.45) is 4.96. The summed E-state index contributed by atoms with van der Waals surface area (Å²) in [5.41, 5.74) is 1.43. The third-order valence-corrected chi connectivity index (χ3v) is 5.76. The summed E-state index contributed by atoms with van der Waals surface area (Å²) in [4.78, 5) is 28.9. The molecule has 5 rings (SSSR count). The second-order valence-corrected chi connectivity index (χ2v) is 8.70. The van der Waals surface area contributed by atoms with Crippen LogP contribution in [0.25, 0.3) is 21.8 Å². The summed E-state index contributed by atoms with van der Waals surface area (Å²) in [7, 11) is 1.72. The summed E-state index contributed by atoms with van der Waals surface area (Å²) in [5, 5.41) is 11.7. The number of nitrogens with zero attached hydrogens (tertiary/aromatic N) is 6. The van der Waals surface area contributed by atoms with Gasteiger partial charge in [0.25, 0.3) is 5.91 Å². The number of aromatic nitrogens is 5. The third kappa shape index (κ3) is 3.97. The van der Waals surface area contributed by atoms with E-state index in [1.807, 2.05) is 0 Å². The molecule has 4 aromatic rings. The maximum atomic E-state index is 14.5. The van der Waals surface area contributed by atoms with Gasteiger partial charge < -0.3 is 15.5 Å². The second-order valence-electron chi connectivity index (χ2n) is 8.70. The van der Waals surface area contributed by atoms with Gasteiger partial charge >= 0.3 is 0 Å². The Bertz CT molecular complexity index is 1370. The van der Waals surface area contributed by atoms with Crippen molar-refractivity contribution >= 4 is 39.2 Å². The highest BCUT2D eigenvalue weighted by Crippen LogP contribution is 2.28. The summed E-state index contributed by atoms with van der Waals surface area (Å²) in [5.74, 6) is 0.395. The molecule has 1 saturated heterocycles. The van der Waals surface area contributed by atoms with Crippen LogP contribution in [0.1, 0.15) is 30.0 Å². The van der Waals surface area contributed by atoms with Gasteiger partial charge in [-0.25, -0.2) is 19.3 Å². The van der Waals surface area contributed by atoms with Gasteiger partial charge in [0.05, 0.1) is 16.5 Å². The number of nitrogens with one attached hydrogen (secondary N) is 2. The molecule has 170 valence electrons. The number of carbonyl (C=O) groups excluding carboxylic acids is 1. The molecule has 33 heavy (non-hydrogen) atoms. The molecule has 4 heterocycles. The zero-order valence-corrected chi connectivity index (χ0v) is 18.9. The van der Waals surface area contributed by atoms with E-state index >= 15 is 0 Å². The second kappa shape index (κ2) is 8.04. The van der Waals surface area contributed by atoms with E-state index in [2.05, 4.69) is 49.4 Å². The predicted octanol–water partition coefficient (Wildman–Crippen LogP) is 2.80. The van der Waals surface area contributed by atoms with Crippen LogP contribution in [0.4, 0.5) is 15.9 Å². The Labute approximate surface area is 190 Å². The molecular formula is C23H25FN8O. The van der Waals surface area contributed by atoms with Gasteiger partial charge in [-0.05, 0) is 32.9 Å². The van der Waals surface area contributed by atoms with Crippen molar-refractivity contribution in [2.75, 3.05) is 23.3 Å². The van der Waals surface area contributed by atoms with Crippen molar-refractivity contribution in [2.45, 2.75) is 32.9 Å². The Morgan fingerprint density at radius 2 is 1.91 bits per heavy atom. The van der Waals surface area contributed by atoms with Crippen molar-refractivity contribution < 1.29 is 9.18 Å². The molecule has 2 atom stereocenters. The first-order chi connectivity index (χ1) is 15.8. The van der Waals surface area contributed by atoms with Gasteiger partial charge in [0.1, 0.15) is 17.2 Å². The molecule has 0 radical (unpaired) electrons. The van der Waals surface area contributed by atoms with Gasteiger partial charge in [-0.15, -0.1) is 0 Å². The Hall–Kier alpha value is -3.66. The van der Waals surface area contributed by atoms with Crippen LogP contribution < -0.4 is 15.5 Å². The normalized spacial score (nSPS) is 18.8. The fourth-order valence-corrected chi connectivity index (χ4v) is 4.50. The van der Waals surface area contributed by atoms with Gasteiger partial charge in [-0.2, -0.15) is 5.10 Å². The number of halogens is 1. The van der Waals surface area contributed by atoms with Crippen LogP contribution in [0, 0.1) is 12.7 Å². The molecule has 9 nitrogen and oxygen atoms in total. The van der Waals surface area contributed by atoms with Crippen LogP contribution >= 0.6 is 0 Å². The SMILES string of the molecule is Cc1ncc2c(N3CC(C)NC(C)C3)ncc(C(=O)Nc3cc(F)c4nn(C)cc4c3)c2n1. The van der Waals surface area contributed by atoms with Crippen LogP contribution in [-0.2, 0) is 7.05 Å². The number of benzene rings is 1. The third-order valence-electron chi connectivity index (χ3n) is 5.76. The van der Waals surface area contributed by atoms with Crippen molar-refractivity contribution in [3.05, 3.63) is 47.9 Å². The number of carbonyl (C=O) groups is 1. The van der Waals surface area contributed by atoms with E-state index in [-0.39, 0.29) is 5.52 Å². The van der Waals surface area contributed by atoms with Crippen LogP contribution in [0.2, 0.25) is 0 Å². The number of pyridine rings is 1. The van der Waals surface area contributed by atoms with E-state index in [0.717, 1.165) is 18.9 Å². The predicted molar refractivity (Wildman–Crippen MR) is 125 cm³/mol. The molecule has 10 heteroatoms. The maximum Gasteiger partial charge on any atom is 0.259 e. The van der Waals surface area contributed by atoms with Gasteiger partial charge in [-0.3, -0.25) is 9.48 Å². The summed E-state index contributed by atoms with van der Waals surface area (Å²) < 4.78 is 16.0. The van der Waals surface area contributed by atoms with Gasteiger partial charge in [0.15, 0.2) is 5.82 Å². The van der Waals surface area contributed by atoms with Crippen LogP contribution in [0.3, 0.4) is 0 Å². The average Bonchev–Trinajstić information content (AvgIpc) is 3.12. The van der Waals surface area contributed by atoms with Crippen molar-refractivity contribution in [2.24, 2.45) is 7.05 Å². The van der Waals surface area contributed by atoms with Gasteiger partial charge in [0, 0.05) is 61.9 Å². The molecule has 1 aliphatic rings. The lowest BCUT2D eigenvalue weighted by atomic mass is 10.1. The smallest absolute Gasteiger partial charge is 0.259 e. The number of anilines is 2. The highest BCUT2D eigenvalue weighted by atomic mass is 19.1. The number of aryl methyl sites for hydroxylation is 2. The van der Waals surface area contributed by atoms with E-state index in [4.69, 9.17) is 0 Å². The minimum atomic E-state index is -0.498. The molecule has 2 unspecified atom stereocenters. The highest BCUT2D eigenvalue weighted by molar-refractivity contribution is 6.13. The average molecular weight is 449 g/mol. The van der Waals surface area contributed by atoms with Gasteiger partial charge in [-0.1, -0.05) is 0 Å². The highest BCUT2D eigenvalue weighted by Gasteiger charge is 2.25. The zero-order chi connectivity index (χ0) is 23.3. The van der Waals surface area contributed by atoms with E-state index in [1.54, 1.807) is 32.4 Å². The van der Waals surface area contributed by atoms with E-state index in [1.165, 1.54) is 16.9 Å². The first-order valence-electron chi connectivity index (χ1n) is 10.9. The number of amides is 1. The lowest BCUT2D eigenvalue weighted by Crippen LogP contribution is -2.54. The molecule has 0 aliphatic carbocycles.